The summed E-state index contributed by atoms with van der Waals surface area (Å²) in [4.78, 5) is 15.2. The zero-order valence-corrected chi connectivity index (χ0v) is 19.8. The number of carbonyl (C=O) groups is 1. The molecule has 3 aromatic rings. The van der Waals surface area contributed by atoms with Gasteiger partial charge in [0, 0.05) is 19.8 Å². The zero-order valence-electron chi connectivity index (χ0n) is 19.8. The van der Waals surface area contributed by atoms with Gasteiger partial charge in [0.1, 0.15) is 0 Å². The van der Waals surface area contributed by atoms with E-state index in [9.17, 15) is 4.79 Å². The molecule has 0 aliphatic heterocycles. The van der Waals surface area contributed by atoms with Crippen LogP contribution in [0.1, 0.15) is 31.4 Å². The maximum atomic E-state index is 13.4. The van der Waals surface area contributed by atoms with Crippen LogP contribution in [-0.4, -0.2) is 49.4 Å². The number of aryl methyl sites for hydroxylation is 1. The molecule has 1 unspecified atom stereocenters. The number of nitrogens with zero attached hydrogens (tertiary/aromatic N) is 1. The number of benzene rings is 3. The highest BCUT2D eigenvalue weighted by molar-refractivity contribution is 5.84. The van der Waals surface area contributed by atoms with Crippen molar-refractivity contribution in [2.75, 3.05) is 26.3 Å². The first-order valence-corrected chi connectivity index (χ1v) is 11.9. The number of rotatable bonds is 13. The molecule has 0 saturated carbocycles. The van der Waals surface area contributed by atoms with Crippen LogP contribution in [0, 0.1) is 0 Å². The number of carbonyl (C=O) groups excluding carboxylic acids is 1. The lowest BCUT2D eigenvalue weighted by atomic mass is 10.0. The standard InChI is InChI=1S/C28H36N2O3/c1-3-32-27(33-4-2)21-30(18-10-13-22-11-6-5-7-12-22)28(31)26(29)20-23-16-17-24-14-8-9-15-25(24)19-23/h5-9,11-12,14-17,19,26-27H,3-4,10,13,18,20-21,29H2,1-2H3. The van der Waals surface area contributed by atoms with Gasteiger partial charge in [-0.25, -0.2) is 0 Å². The van der Waals surface area contributed by atoms with Gasteiger partial charge in [-0.15, -0.1) is 0 Å². The normalized spacial score (nSPS) is 12.2. The SMILES string of the molecule is CCOC(CN(CCCc1ccccc1)C(=O)C(N)Cc1ccc2ccccc2c1)OCC. The van der Waals surface area contributed by atoms with Crippen LogP contribution in [0.5, 0.6) is 0 Å². The third-order valence-electron chi connectivity index (χ3n) is 5.71. The minimum atomic E-state index is -0.619. The van der Waals surface area contributed by atoms with Crippen LogP contribution in [-0.2, 0) is 27.1 Å². The number of fused-ring (bicyclic) bond motifs is 1. The second-order valence-corrected chi connectivity index (χ2v) is 8.21. The van der Waals surface area contributed by atoms with Gasteiger partial charge >= 0.3 is 0 Å². The lowest BCUT2D eigenvalue weighted by Crippen LogP contribution is -2.48. The van der Waals surface area contributed by atoms with Crippen molar-refractivity contribution in [3.05, 3.63) is 83.9 Å². The van der Waals surface area contributed by atoms with Crippen molar-refractivity contribution in [1.29, 1.82) is 0 Å². The van der Waals surface area contributed by atoms with Crippen molar-refractivity contribution in [3.63, 3.8) is 0 Å². The van der Waals surface area contributed by atoms with Gasteiger partial charge in [0.05, 0.1) is 12.6 Å². The van der Waals surface area contributed by atoms with Gasteiger partial charge < -0.3 is 20.1 Å². The number of amides is 1. The molecule has 33 heavy (non-hydrogen) atoms. The summed E-state index contributed by atoms with van der Waals surface area (Å²) in [5.74, 6) is -0.0689. The van der Waals surface area contributed by atoms with Gasteiger partial charge in [0.15, 0.2) is 6.29 Å². The highest BCUT2D eigenvalue weighted by Gasteiger charge is 2.24. The molecule has 0 aliphatic carbocycles. The predicted molar refractivity (Wildman–Crippen MR) is 134 cm³/mol. The van der Waals surface area contributed by atoms with E-state index < -0.39 is 12.3 Å². The Balaban J connectivity index is 1.67. The number of hydrogen-bond acceptors (Lipinski definition) is 4. The van der Waals surface area contributed by atoms with Gasteiger partial charge in [-0.1, -0.05) is 72.8 Å². The third kappa shape index (κ3) is 7.67. The smallest absolute Gasteiger partial charge is 0.240 e. The van der Waals surface area contributed by atoms with Crippen LogP contribution in [0.2, 0.25) is 0 Å². The fraction of sp³-hybridized carbons (Fsp3) is 0.393. The van der Waals surface area contributed by atoms with E-state index >= 15 is 0 Å². The van der Waals surface area contributed by atoms with Gasteiger partial charge in [0.2, 0.25) is 5.91 Å². The summed E-state index contributed by atoms with van der Waals surface area (Å²) in [7, 11) is 0. The average molecular weight is 449 g/mol. The minimum Gasteiger partial charge on any atom is -0.351 e. The summed E-state index contributed by atoms with van der Waals surface area (Å²) < 4.78 is 11.4. The van der Waals surface area contributed by atoms with Gasteiger partial charge in [-0.3, -0.25) is 4.79 Å². The molecule has 1 atom stereocenters. The molecule has 0 radical (unpaired) electrons. The highest BCUT2D eigenvalue weighted by atomic mass is 16.7. The van der Waals surface area contributed by atoms with Crippen LogP contribution in [0.15, 0.2) is 72.8 Å². The molecule has 176 valence electrons. The number of hydrogen-bond donors (Lipinski definition) is 1. The van der Waals surface area contributed by atoms with Crippen LogP contribution in [0.4, 0.5) is 0 Å². The molecule has 0 aliphatic rings. The second-order valence-electron chi connectivity index (χ2n) is 8.21. The molecule has 2 N–H and O–H groups in total. The topological polar surface area (TPSA) is 64.8 Å². The Hall–Kier alpha value is -2.73. The van der Waals surface area contributed by atoms with Crippen molar-refractivity contribution in [3.8, 4) is 0 Å². The molecule has 0 spiro atoms. The van der Waals surface area contributed by atoms with Crippen molar-refractivity contribution in [2.24, 2.45) is 5.73 Å². The van der Waals surface area contributed by atoms with Crippen LogP contribution >= 0.6 is 0 Å². The van der Waals surface area contributed by atoms with E-state index in [1.807, 2.05) is 49.1 Å². The minimum absolute atomic E-state index is 0.0689. The van der Waals surface area contributed by atoms with Crippen LogP contribution in [0.25, 0.3) is 10.8 Å². The van der Waals surface area contributed by atoms with E-state index in [-0.39, 0.29) is 5.91 Å². The summed E-state index contributed by atoms with van der Waals surface area (Å²) in [6.45, 7) is 5.90. The molecule has 0 saturated heterocycles. The Labute approximate surface area is 197 Å². The molecular weight excluding hydrogens is 412 g/mol. The van der Waals surface area contributed by atoms with Crippen LogP contribution in [0.3, 0.4) is 0 Å². The molecule has 1 amide bonds. The van der Waals surface area contributed by atoms with Gasteiger partial charge in [0.25, 0.3) is 0 Å². The fourth-order valence-electron chi connectivity index (χ4n) is 4.06. The Morgan fingerprint density at radius 3 is 2.24 bits per heavy atom. The van der Waals surface area contributed by atoms with Crippen LogP contribution < -0.4 is 5.73 Å². The highest BCUT2D eigenvalue weighted by Crippen LogP contribution is 2.17. The first kappa shape index (κ1) is 24.9. The van der Waals surface area contributed by atoms with Crippen molar-refractivity contribution in [2.45, 2.75) is 45.4 Å². The Morgan fingerprint density at radius 1 is 0.879 bits per heavy atom. The maximum Gasteiger partial charge on any atom is 0.240 e. The van der Waals surface area contributed by atoms with E-state index in [4.69, 9.17) is 15.2 Å². The molecule has 3 rings (SSSR count). The second kappa shape index (κ2) is 13.1. The molecule has 0 fully saturated rings. The quantitative estimate of drug-likeness (QED) is 0.389. The fourth-order valence-corrected chi connectivity index (χ4v) is 4.06. The Kier molecular flexibility index (Phi) is 9.88. The van der Waals surface area contributed by atoms with E-state index in [0.29, 0.717) is 32.7 Å². The molecule has 0 aromatic heterocycles. The first-order chi connectivity index (χ1) is 16.1. The summed E-state index contributed by atoms with van der Waals surface area (Å²) in [6.07, 6.45) is 1.79. The number of nitrogens with two attached hydrogens (primary N) is 1. The van der Waals surface area contributed by atoms with E-state index in [2.05, 4.69) is 42.5 Å². The van der Waals surface area contributed by atoms with E-state index in [0.717, 1.165) is 23.8 Å². The average Bonchev–Trinajstić information content (AvgIpc) is 2.84. The molecular formula is C28H36N2O3. The van der Waals surface area contributed by atoms with E-state index in [1.165, 1.54) is 10.9 Å². The molecule has 0 bridgehead atoms. The summed E-state index contributed by atoms with van der Waals surface area (Å²) in [6, 6.07) is 24.2. The predicted octanol–water partition coefficient (Wildman–Crippen LogP) is 4.57. The maximum absolute atomic E-state index is 13.4. The van der Waals surface area contributed by atoms with Crippen molar-refractivity contribution >= 4 is 16.7 Å². The Bertz CT molecular complexity index is 987. The van der Waals surface area contributed by atoms with Gasteiger partial charge in [-0.05, 0) is 55.0 Å². The first-order valence-electron chi connectivity index (χ1n) is 11.9. The monoisotopic (exact) mass is 448 g/mol. The molecule has 0 heterocycles. The molecule has 5 heteroatoms. The van der Waals surface area contributed by atoms with Gasteiger partial charge in [-0.2, -0.15) is 0 Å². The van der Waals surface area contributed by atoms with E-state index in [1.54, 1.807) is 0 Å². The lowest BCUT2D eigenvalue weighted by molar-refractivity contribution is -0.159. The largest absolute Gasteiger partial charge is 0.351 e. The molecule has 3 aromatic carbocycles. The van der Waals surface area contributed by atoms with Crippen molar-refractivity contribution in [1.82, 2.24) is 4.90 Å². The Morgan fingerprint density at radius 2 is 1.55 bits per heavy atom. The third-order valence-corrected chi connectivity index (χ3v) is 5.71. The summed E-state index contributed by atoms with van der Waals surface area (Å²) >= 11 is 0. The van der Waals surface area contributed by atoms with Crippen molar-refractivity contribution < 1.29 is 14.3 Å². The summed E-state index contributed by atoms with van der Waals surface area (Å²) in [5, 5.41) is 2.34. The molecule has 5 nitrogen and oxygen atoms in total. The number of ether oxygens (including phenoxy) is 2. The zero-order chi connectivity index (χ0) is 23.5. The summed E-state index contributed by atoms with van der Waals surface area (Å²) in [5.41, 5.74) is 8.75. The lowest BCUT2D eigenvalue weighted by Gasteiger charge is -2.29.